The molecule has 0 spiro atoms. The Morgan fingerprint density at radius 3 is 2.67 bits per heavy atom. The summed E-state index contributed by atoms with van der Waals surface area (Å²) >= 11 is 0. The predicted octanol–water partition coefficient (Wildman–Crippen LogP) is 4.30. The maximum absolute atomic E-state index is 15.0. The molecule has 3 N–H and O–H groups in total. The lowest BCUT2D eigenvalue weighted by Gasteiger charge is -2.39. The zero-order chi connectivity index (χ0) is 29.5. The SMILES string of the molecule is O=C(NCCCO)N(C[C@@H]1CNC[C@@H]1F)[C@@H](c1nc(-c2cc(F)ccc2F)cn1Cc1ccccc1)C1CCOCC1. The number of hydrogen-bond acceptors (Lipinski definition) is 5. The molecule has 0 radical (unpaired) electrons. The number of aliphatic hydroxyl groups excluding tert-OH is 1. The lowest BCUT2D eigenvalue weighted by Crippen LogP contribution is -2.49. The highest BCUT2D eigenvalue weighted by molar-refractivity contribution is 5.75. The first kappa shape index (κ1) is 30.1. The molecule has 3 heterocycles. The van der Waals surface area contributed by atoms with Crippen molar-refractivity contribution in [2.45, 2.75) is 38.0 Å². The van der Waals surface area contributed by atoms with Crippen LogP contribution < -0.4 is 10.6 Å². The summed E-state index contributed by atoms with van der Waals surface area (Å²) < 4.78 is 51.7. The maximum Gasteiger partial charge on any atom is 0.318 e. The number of benzene rings is 2. The van der Waals surface area contributed by atoms with Crippen molar-refractivity contribution >= 4 is 6.03 Å². The van der Waals surface area contributed by atoms with E-state index in [9.17, 15) is 23.1 Å². The lowest BCUT2D eigenvalue weighted by atomic mass is 9.89. The quantitative estimate of drug-likeness (QED) is 0.292. The number of hydrogen-bond donors (Lipinski definition) is 3. The van der Waals surface area contributed by atoms with E-state index in [1.807, 2.05) is 34.9 Å². The summed E-state index contributed by atoms with van der Waals surface area (Å²) in [6.45, 7) is 2.36. The smallest absolute Gasteiger partial charge is 0.318 e. The first-order valence-corrected chi connectivity index (χ1v) is 14.6. The standard InChI is InChI=1S/C31H38F3N5O3/c32-24-7-8-26(33)25(15-24)28-20-38(18-21-5-2-1-3-6-21)30(37-28)29(22-9-13-42-14-10-22)39(31(41)36-11-4-12-40)19-23-16-35-17-27(23)34/h1-3,5-8,15,20,22-23,27,29,35,40H,4,9-14,16-19H2,(H,36,41)/t23-,27-,29+/m0/s1. The largest absolute Gasteiger partial charge is 0.396 e. The van der Waals surface area contributed by atoms with Crippen LogP contribution >= 0.6 is 0 Å². The molecule has 2 aliphatic heterocycles. The second-order valence-corrected chi connectivity index (χ2v) is 11.0. The average molecular weight is 586 g/mol. The molecule has 5 rings (SSSR count). The third kappa shape index (κ3) is 7.14. The number of aliphatic hydroxyl groups is 1. The average Bonchev–Trinajstić information content (AvgIpc) is 3.60. The minimum absolute atomic E-state index is 0.0246. The first-order valence-electron chi connectivity index (χ1n) is 14.6. The molecular formula is C31H38F3N5O3. The lowest BCUT2D eigenvalue weighted by molar-refractivity contribution is 0.0258. The number of rotatable bonds is 11. The summed E-state index contributed by atoms with van der Waals surface area (Å²) in [7, 11) is 0. The molecule has 2 saturated heterocycles. The first-order chi connectivity index (χ1) is 20.4. The Hall–Kier alpha value is -3.41. The second kappa shape index (κ2) is 14.2. The number of imidazole rings is 1. The number of amides is 2. The highest BCUT2D eigenvalue weighted by Crippen LogP contribution is 2.38. The van der Waals surface area contributed by atoms with Crippen LogP contribution in [-0.2, 0) is 11.3 Å². The van der Waals surface area contributed by atoms with Gasteiger partial charge in [0.05, 0.1) is 11.7 Å². The number of nitrogens with one attached hydrogen (secondary N) is 2. The van der Waals surface area contributed by atoms with E-state index in [0.717, 1.165) is 23.8 Å². The van der Waals surface area contributed by atoms with Gasteiger partial charge in [0.15, 0.2) is 0 Å². The summed E-state index contributed by atoms with van der Waals surface area (Å²) in [6.07, 6.45) is 2.26. The molecule has 8 nitrogen and oxygen atoms in total. The van der Waals surface area contributed by atoms with Crippen molar-refractivity contribution in [3.05, 3.63) is 77.8 Å². The minimum atomic E-state index is -1.12. The van der Waals surface area contributed by atoms with Crippen LogP contribution in [0.4, 0.5) is 18.0 Å². The zero-order valence-corrected chi connectivity index (χ0v) is 23.5. The van der Waals surface area contributed by atoms with Crippen LogP contribution in [0.2, 0.25) is 0 Å². The van der Waals surface area contributed by atoms with Crippen LogP contribution in [0.5, 0.6) is 0 Å². The van der Waals surface area contributed by atoms with E-state index < -0.39 is 29.8 Å². The van der Waals surface area contributed by atoms with Crippen molar-refractivity contribution in [3.63, 3.8) is 0 Å². The Morgan fingerprint density at radius 1 is 1.17 bits per heavy atom. The van der Waals surface area contributed by atoms with Gasteiger partial charge < -0.3 is 29.9 Å². The predicted molar refractivity (Wildman–Crippen MR) is 152 cm³/mol. The number of ether oxygens (including phenoxy) is 1. The minimum Gasteiger partial charge on any atom is -0.396 e. The molecule has 2 aliphatic rings. The van der Waals surface area contributed by atoms with Gasteiger partial charge in [-0.25, -0.2) is 22.9 Å². The molecule has 0 unspecified atom stereocenters. The van der Waals surface area contributed by atoms with Crippen LogP contribution in [0.1, 0.15) is 36.7 Å². The van der Waals surface area contributed by atoms with Gasteiger partial charge in [0.1, 0.15) is 23.6 Å². The van der Waals surface area contributed by atoms with Gasteiger partial charge in [0.2, 0.25) is 0 Å². The van der Waals surface area contributed by atoms with Crippen LogP contribution in [0, 0.1) is 23.5 Å². The van der Waals surface area contributed by atoms with Crippen LogP contribution in [0.15, 0.2) is 54.7 Å². The van der Waals surface area contributed by atoms with E-state index in [1.54, 1.807) is 11.1 Å². The fourth-order valence-corrected chi connectivity index (χ4v) is 5.86. The van der Waals surface area contributed by atoms with Crippen molar-refractivity contribution < 1.29 is 27.8 Å². The number of carbonyl (C=O) groups excluding carboxylic acids is 1. The molecule has 2 aromatic carbocycles. The number of halogens is 3. The van der Waals surface area contributed by atoms with E-state index in [-0.39, 0.29) is 49.4 Å². The summed E-state index contributed by atoms with van der Waals surface area (Å²) in [5.41, 5.74) is 1.24. The van der Waals surface area contributed by atoms with Gasteiger partial charge in [-0.3, -0.25) is 0 Å². The fraction of sp³-hybridized carbons (Fsp3) is 0.484. The van der Waals surface area contributed by atoms with Gasteiger partial charge in [-0.05, 0) is 48.9 Å². The third-order valence-electron chi connectivity index (χ3n) is 8.08. The summed E-state index contributed by atoms with van der Waals surface area (Å²) in [6, 6.07) is 12.0. The van der Waals surface area contributed by atoms with Crippen molar-refractivity contribution in [1.29, 1.82) is 0 Å². The Morgan fingerprint density at radius 2 is 1.95 bits per heavy atom. The van der Waals surface area contributed by atoms with Gasteiger partial charge in [0, 0.05) is 70.2 Å². The number of alkyl halides is 1. The molecule has 11 heteroatoms. The molecule has 0 bridgehead atoms. The number of carbonyl (C=O) groups is 1. The molecule has 0 saturated carbocycles. The van der Waals surface area contributed by atoms with E-state index in [4.69, 9.17) is 9.72 Å². The van der Waals surface area contributed by atoms with E-state index in [1.165, 1.54) is 0 Å². The molecule has 226 valence electrons. The van der Waals surface area contributed by atoms with Crippen LogP contribution in [-0.4, -0.2) is 77.8 Å². The van der Waals surface area contributed by atoms with E-state index in [2.05, 4.69) is 10.6 Å². The molecule has 3 atom stereocenters. The topological polar surface area (TPSA) is 91.6 Å². The van der Waals surface area contributed by atoms with Gasteiger partial charge >= 0.3 is 6.03 Å². The summed E-state index contributed by atoms with van der Waals surface area (Å²) in [5, 5.41) is 15.3. The second-order valence-electron chi connectivity index (χ2n) is 11.0. The number of nitrogens with zero attached hydrogens (tertiary/aromatic N) is 3. The Kier molecular flexibility index (Phi) is 10.1. The van der Waals surface area contributed by atoms with Gasteiger partial charge in [-0.15, -0.1) is 0 Å². The van der Waals surface area contributed by atoms with Crippen molar-refractivity contribution in [1.82, 2.24) is 25.1 Å². The highest BCUT2D eigenvalue weighted by Gasteiger charge is 2.40. The van der Waals surface area contributed by atoms with Crippen LogP contribution in [0.3, 0.4) is 0 Å². The highest BCUT2D eigenvalue weighted by atomic mass is 19.1. The maximum atomic E-state index is 15.0. The normalized spacial score (nSPS) is 20.0. The monoisotopic (exact) mass is 585 g/mol. The Bertz CT molecular complexity index is 1320. The Balaban J connectivity index is 1.62. The molecule has 1 aromatic heterocycles. The summed E-state index contributed by atoms with van der Waals surface area (Å²) in [5.74, 6) is -1.17. The summed E-state index contributed by atoms with van der Waals surface area (Å²) in [4.78, 5) is 20.4. The molecule has 42 heavy (non-hydrogen) atoms. The molecule has 0 aliphatic carbocycles. The van der Waals surface area contributed by atoms with Crippen LogP contribution in [0.25, 0.3) is 11.3 Å². The number of urea groups is 1. The zero-order valence-electron chi connectivity index (χ0n) is 23.5. The fourth-order valence-electron chi connectivity index (χ4n) is 5.86. The third-order valence-corrected chi connectivity index (χ3v) is 8.08. The van der Waals surface area contributed by atoms with E-state index >= 15 is 0 Å². The van der Waals surface area contributed by atoms with E-state index in [0.29, 0.717) is 51.4 Å². The molecule has 2 fully saturated rings. The Labute approximate surface area is 243 Å². The van der Waals surface area contributed by atoms with Crippen molar-refractivity contribution in [3.8, 4) is 11.3 Å². The molecule has 3 aromatic rings. The van der Waals surface area contributed by atoms with Gasteiger partial charge in [-0.1, -0.05) is 30.3 Å². The number of aromatic nitrogens is 2. The molecular weight excluding hydrogens is 547 g/mol. The molecule has 2 amide bonds. The van der Waals surface area contributed by atoms with Crippen molar-refractivity contribution in [2.24, 2.45) is 11.8 Å². The van der Waals surface area contributed by atoms with Gasteiger partial charge in [0.25, 0.3) is 0 Å². The van der Waals surface area contributed by atoms with Gasteiger partial charge in [-0.2, -0.15) is 0 Å². The van der Waals surface area contributed by atoms with Crippen molar-refractivity contribution in [2.75, 3.05) is 46.0 Å².